The summed E-state index contributed by atoms with van der Waals surface area (Å²) in [4.78, 5) is 14.0. The zero-order valence-corrected chi connectivity index (χ0v) is 11.6. The molecule has 2 heterocycles. The van der Waals surface area contributed by atoms with Gasteiger partial charge in [-0.15, -0.1) is 0 Å². The number of aryl methyl sites for hydroxylation is 1. The third-order valence-corrected chi connectivity index (χ3v) is 4.22. The molecule has 0 radical (unpaired) electrons. The van der Waals surface area contributed by atoms with Crippen LogP contribution in [0, 0.1) is 5.92 Å². The number of hydrogen-bond acceptors (Lipinski definition) is 2. The van der Waals surface area contributed by atoms with Crippen LogP contribution in [0.1, 0.15) is 31.2 Å². The molecule has 0 spiro atoms. The average Bonchev–Trinajstić information content (AvgIpc) is 3.19. The van der Waals surface area contributed by atoms with Gasteiger partial charge in [0.05, 0.1) is 0 Å². The Labute approximate surface area is 114 Å². The number of nitrogens with zero attached hydrogens (tertiary/aromatic N) is 2. The third-order valence-electron chi connectivity index (χ3n) is 4.22. The molecule has 104 valence electrons. The Morgan fingerprint density at radius 1 is 1.32 bits per heavy atom. The van der Waals surface area contributed by atoms with Gasteiger partial charge in [0.1, 0.15) is 0 Å². The first-order chi connectivity index (χ1) is 9.22. The molecular formula is C15H23N3O. The summed E-state index contributed by atoms with van der Waals surface area (Å²) in [6.45, 7) is 2.80. The maximum absolute atomic E-state index is 12.0. The molecule has 0 aromatic carbocycles. The molecule has 1 aliphatic heterocycles. The zero-order chi connectivity index (χ0) is 13.2. The van der Waals surface area contributed by atoms with Gasteiger partial charge in [-0.2, -0.15) is 0 Å². The number of nitrogens with one attached hydrogen (secondary N) is 1. The van der Waals surface area contributed by atoms with E-state index in [1.807, 2.05) is 7.05 Å². The van der Waals surface area contributed by atoms with Crippen LogP contribution in [0.4, 0.5) is 0 Å². The van der Waals surface area contributed by atoms with E-state index >= 15 is 0 Å². The fourth-order valence-corrected chi connectivity index (χ4v) is 2.82. The van der Waals surface area contributed by atoms with Crippen molar-refractivity contribution in [3.63, 3.8) is 0 Å². The molecule has 3 rings (SSSR count). The van der Waals surface area contributed by atoms with Gasteiger partial charge in [-0.3, -0.25) is 4.79 Å². The summed E-state index contributed by atoms with van der Waals surface area (Å²) in [6.07, 6.45) is 8.64. The van der Waals surface area contributed by atoms with Crippen LogP contribution in [0.5, 0.6) is 0 Å². The fraction of sp³-hybridized carbons (Fsp3) is 0.667. The van der Waals surface area contributed by atoms with Crippen LogP contribution in [-0.2, 0) is 18.4 Å². The molecule has 1 N–H and O–H groups in total. The number of amides is 1. The molecule has 2 fully saturated rings. The molecule has 1 saturated heterocycles. The molecule has 1 aromatic rings. The summed E-state index contributed by atoms with van der Waals surface area (Å²) in [5.74, 6) is 0.773. The Balaban J connectivity index is 1.41. The number of hydrogen-bond donors (Lipinski definition) is 1. The summed E-state index contributed by atoms with van der Waals surface area (Å²) < 4.78 is 2.08. The van der Waals surface area contributed by atoms with Gasteiger partial charge in [0.15, 0.2) is 0 Å². The lowest BCUT2D eigenvalue weighted by molar-refractivity contribution is -0.133. The van der Waals surface area contributed by atoms with Crippen molar-refractivity contribution in [1.29, 1.82) is 0 Å². The molecular weight excluding hydrogens is 238 g/mol. The van der Waals surface area contributed by atoms with E-state index in [-0.39, 0.29) is 0 Å². The minimum atomic E-state index is 0.369. The highest BCUT2D eigenvalue weighted by Crippen LogP contribution is 2.31. The normalized spacial score (nSPS) is 20.8. The third kappa shape index (κ3) is 3.18. The molecule has 19 heavy (non-hydrogen) atoms. The quantitative estimate of drug-likeness (QED) is 0.892. The minimum absolute atomic E-state index is 0.369. The van der Waals surface area contributed by atoms with Crippen LogP contribution < -0.4 is 5.32 Å². The maximum atomic E-state index is 12.0. The molecule has 1 aromatic heterocycles. The highest BCUT2D eigenvalue weighted by atomic mass is 16.2. The van der Waals surface area contributed by atoms with E-state index in [0.29, 0.717) is 17.9 Å². The standard InChI is InChI=1S/C15H23N3O/c1-17-7-4-12(11-17)10-16-14-5-8-18(9-6-14)15(19)13-2-3-13/h4,7,11,13-14,16H,2-3,5-6,8-10H2,1H3. The van der Waals surface area contributed by atoms with Gasteiger partial charge in [-0.25, -0.2) is 0 Å². The Bertz CT molecular complexity index is 442. The van der Waals surface area contributed by atoms with Crippen LogP contribution >= 0.6 is 0 Å². The Morgan fingerprint density at radius 3 is 2.63 bits per heavy atom. The Hall–Kier alpha value is -1.29. The number of carbonyl (C=O) groups is 1. The second-order valence-electron chi connectivity index (χ2n) is 5.94. The van der Waals surface area contributed by atoms with E-state index in [2.05, 4.69) is 33.2 Å². The average molecular weight is 261 g/mol. The molecule has 0 unspecified atom stereocenters. The number of rotatable bonds is 4. The summed E-state index contributed by atoms with van der Waals surface area (Å²) in [7, 11) is 2.05. The SMILES string of the molecule is Cn1ccc(CNC2CCN(C(=O)C3CC3)CC2)c1. The van der Waals surface area contributed by atoms with Crippen LogP contribution in [0.15, 0.2) is 18.5 Å². The van der Waals surface area contributed by atoms with E-state index in [1.165, 1.54) is 5.56 Å². The molecule has 4 nitrogen and oxygen atoms in total. The number of aromatic nitrogens is 1. The van der Waals surface area contributed by atoms with Crippen LogP contribution in [0.3, 0.4) is 0 Å². The molecule has 1 aliphatic carbocycles. The van der Waals surface area contributed by atoms with Crippen molar-refractivity contribution in [3.05, 3.63) is 24.0 Å². The first kappa shape index (κ1) is 12.7. The van der Waals surface area contributed by atoms with Gasteiger partial charge in [-0.1, -0.05) is 0 Å². The van der Waals surface area contributed by atoms with Crippen molar-refractivity contribution < 1.29 is 4.79 Å². The predicted molar refractivity (Wildman–Crippen MR) is 74.6 cm³/mol. The minimum Gasteiger partial charge on any atom is -0.357 e. The number of piperidine rings is 1. The lowest BCUT2D eigenvalue weighted by atomic mass is 10.0. The van der Waals surface area contributed by atoms with Gasteiger partial charge in [0.2, 0.25) is 5.91 Å². The van der Waals surface area contributed by atoms with E-state index in [4.69, 9.17) is 0 Å². The molecule has 0 atom stereocenters. The topological polar surface area (TPSA) is 37.3 Å². The summed E-state index contributed by atoms with van der Waals surface area (Å²) in [6, 6.07) is 2.71. The van der Waals surface area contributed by atoms with E-state index in [1.54, 1.807) is 0 Å². The second kappa shape index (κ2) is 5.37. The lowest BCUT2D eigenvalue weighted by Crippen LogP contribution is -2.45. The van der Waals surface area contributed by atoms with Crippen LogP contribution in [0.25, 0.3) is 0 Å². The van der Waals surface area contributed by atoms with Gasteiger partial charge in [0, 0.05) is 51.0 Å². The van der Waals surface area contributed by atoms with Gasteiger partial charge >= 0.3 is 0 Å². The van der Waals surface area contributed by atoms with Gasteiger partial charge < -0.3 is 14.8 Å². The first-order valence-electron chi connectivity index (χ1n) is 7.35. The molecule has 4 heteroatoms. The number of carbonyl (C=O) groups excluding carboxylic acids is 1. The molecule has 2 aliphatic rings. The fourth-order valence-electron chi connectivity index (χ4n) is 2.82. The zero-order valence-electron chi connectivity index (χ0n) is 11.6. The van der Waals surface area contributed by atoms with Crippen molar-refractivity contribution in [3.8, 4) is 0 Å². The van der Waals surface area contributed by atoms with Crippen molar-refractivity contribution in [1.82, 2.24) is 14.8 Å². The largest absolute Gasteiger partial charge is 0.357 e. The molecule has 1 saturated carbocycles. The highest BCUT2D eigenvalue weighted by molar-refractivity contribution is 5.81. The molecule has 1 amide bonds. The summed E-state index contributed by atoms with van der Waals surface area (Å²) in [5, 5.41) is 3.60. The Morgan fingerprint density at radius 2 is 2.05 bits per heavy atom. The van der Waals surface area contributed by atoms with Crippen LogP contribution in [0.2, 0.25) is 0 Å². The van der Waals surface area contributed by atoms with Crippen molar-refractivity contribution in [2.45, 2.75) is 38.3 Å². The lowest BCUT2D eigenvalue weighted by Gasteiger charge is -2.32. The second-order valence-corrected chi connectivity index (χ2v) is 5.94. The van der Waals surface area contributed by atoms with Crippen molar-refractivity contribution in [2.24, 2.45) is 13.0 Å². The Kier molecular flexibility index (Phi) is 3.60. The molecule has 0 bridgehead atoms. The summed E-state index contributed by atoms with van der Waals surface area (Å²) in [5.41, 5.74) is 1.33. The van der Waals surface area contributed by atoms with E-state index < -0.39 is 0 Å². The van der Waals surface area contributed by atoms with E-state index in [0.717, 1.165) is 45.3 Å². The smallest absolute Gasteiger partial charge is 0.225 e. The number of likely N-dealkylation sites (tertiary alicyclic amines) is 1. The maximum Gasteiger partial charge on any atom is 0.225 e. The monoisotopic (exact) mass is 261 g/mol. The first-order valence-corrected chi connectivity index (χ1v) is 7.35. The predicted octanol–water partition coefficient (Wildman–Crippen LogP) is 1.52. The van der Waals surface area contributed by atoms with Crippen molar-refractivity contribution >= 4 is 5.91 Å². The van der Waals surface area contributed by atoms with Crippen molar-refractivity contribution in [2.75, 3.05) is 13.1 Å². The highest BCUT2D eigenvalue weighted by Gasteiger charge is 2.34. The van der Waals surface area contributed by atoms with Crippen LogP contribution in [-0.4, -0.2) is 34.5 Å². The van der Waals surface area contributed by atoms with Gasteiger partial charge in [-0.05, 0) is 37.3 Å². The van der Waals surface area contributed by atoms with Gasteiger partial charge in [0.25, 0.3) is 0 Å². The summed E-state index contributed by atoms with van der Waals surface area (Å²) >= 11 is 0. The van der Waals surface area contributed by atoms with E-state index in [9.17, 15) is 4.79 Å².